The van der Waals surface area contributed by atoms with Crippen LogP contribution in [0.2, 0.25) is 0 Å². The number of anilines is 1. The SMILES string of the molecule is CCc1cc(N2CCN(CC(=O)O)CC2)nc(C)n1. The zero-order valence-electron chi connectivity index (χ0n) is 11.5. The molecule has 0 spiro atoms. The molecular weight excluding hydrogens is 244 g/mol. The summed E-state index contributed by atoms with van der Waals surface area (Å²) in [6.45, 7) is 7.25. The highest BCUT2D eigenvalue weighted by Gasteiger charge is 2.20. The lowest BCUT2D eigenvalue weighted by atomic mass is 10.2. The first-order chi connectivity index (χ1) is 9.08. The Morgan fingerprint density at radius 2 is 2.00 bits per heavy atom. The highest BCUT2D eigenvalue weighted by atomic mass is 16.4. The van der Waals surface area contributed by atoms with Crippen molar-refractivity contribution in [2.75, 3.05) is 37.6 Å². The number of carbonyl (C=O) groups is 1. The van der Waals surface area contributed by atoms with Gasteiger partial charge in [0.1, 0.15) is 11.6 Å². The lowest BCUT2D eigenvalue weighted by molar-refractivity contribution is -0.138. The van der Waals surface area contributed by atoms with Crippen molar-refractivity contribution in [1.82, 2.24) is 14.9 Å². The van der Waals surface area contributed by atoms with Crippen LogP contribution in [0.3, 0.4) is 0 Å². The van der Waals surface area contributed by atoms with Crippen LogP contribution in [0.25, 0.3) is 0 Å². The van der Waals surface area contributed by atoms with Crippen LogP contribution < -0.4 is 4.90 Å². The van der Waals surface area contributed by atoms with Crippen LogP contribution in [0.1, 0.15) is 18.4 Å². The summed E-state index contributed by atoms with van der Waals surface area (Å²) in [5.41, 5.74) is 1.05. The monoisotopic (exact) mass is 264 g/mol. The number of aromatic nitrogens is 2. The molecule has 0 aliphatic carbocycles. The predicted molar refractivity (Wildman–Crippen MR) is 72.4 cm³/mol. The van der Waals surface area contributed by atoms with E-state index in [0.29, 0.717) is 0 Å². The van der Waals surface area contributed by atoms with Crippen LogP contribution in [0, 0.1) is 6.92 Å². The minimum Gasteiger partial charge on any atom is -0.480 e. The molecule has 1 aliphatic heterocycles. The van der Waals surface area contributed by atoms with Crippen molar-refractivity contribution >= 4 is 11.8 Å². The molecule has 1 aliphatic rings. The molecule has 6 heteroatoms. The first-order valence-corrected chi connectivity index (χ1v) is 6.62. The van der Waals surface area contributed by atoms with Gasteiger partial charge < -0.3 is 10.0 Å². The van der Waals surface area contributed by atoms with E-state index in [4.69, 9.17) is 5.11 Å². The normalized spacial score (nSPS) is 16.6. The van der Waals surface area contributed by atoms with Crippen LogP contribution >= 0.6 is 0 Å². The van der Waals surface area contributed by atoms with Gasteiger partial charge in [0.05, 0.1) is 6.54 Å². The molecule has 2 heterocycles. The third-order valence-electron chi connectivity index (χ3n) is 3.29. The van der Waals surface area contributed by atoms with Crippen molar-refractivity contribution in [2.24, 2.45) is 0 Å². The van der Waals surface area contributed by atoms with Gasteiger partial charge in [0.25, 0.3) is 0 Å². The fourth-order valence-corrected chi connectivity index (χ4v) is 2.28. The van der Waals surface area contributed by atoms with Crippen molar-refractivity contribution in [2.45, 2.75) is 20.3 Å². The van der Waals surface area contributed by atoms with E-state index in [1.54, 1.807) is 0 Å². The van der Waals surface area contributed by atoms with E-state index in [9.17, 15) is 4.79 Å². The molecule has 0 radical (unpaired) electrons. The number of carboxylic acids is 1. The van der Waals surface area contributed by atoms with E-state index < -0.39 is 5.97 Å². The summed E-state index contributed by atoms with van der Waals surface area (Å²) >= 11 is 0. The summed E-state index contributed by atoms with van der Waals surface area (Å²) < 4.78 is 0. The quantitative estimate of drug-likeness (QED) is 0.856. The maximum atomic E-state index is 10.7. The van der Waals surface area contributed by atoms with Crippen molar-refractivity contribution in [3.05, 3.63) is 17.6 Å². The van der Waals surface area contributed by atoms with Crippen LogP contribution in [0.5, 0.6) is 0 Å². The average Bonchev–Trinajstić information content (AvgIpc) is 2.38. The minimum atomic E-state index is -0.764. The molecule has 0 amide bonds. The van der Waals surface area contributed by atoms with E-state index in [1.807, 2.05) is 17.9 Å². The molecule has 1 N–H and O–H groups in total. The number of piperazine rings is 1. The maximum absolute atomic E-state index is 10.7. The standard InChI is InChI=1S/C13H20N4O2/c1-3-11-8-12(15-10(2)14-11)17-6-4-16(5-7-17)9-13(18)19/h8H,3-7,9H2,1-2H3,(H,18,19). The number of nitrogens with zero attached hydrogens (tertiary/aromatic N) is 4. The Morgan fingerprint density at radius 1 is 1.32 bits per heavy atom. The molecule has 0 aromatic carbocycles. The maximum Gasteiger partial charge on any atom is 0.317 e. The molecule has 19 heavy (non-hydrogen) atoms. The third-order valence-corrected chi connectivity index (χ3v) is 3.29. The Morgan fingerprint density at radius 3 is 2.58 bits per heavy atom. The summed E-state index contributed by atoms with van der Waals surface area (Å²) in [4.78, 5) is 23.7. The zero-order chi connectivity index (χ0) is 13.8. The molecule has 1 aromatic rings. The first kappa shape index (κ1) is 13.7. The largest absolute Gasteiger partial charge is 0.480 e. The Bertz CT molecular complexity index is 456. The smallest absolute Gasteiger partial charge is 0.317 e. The van der Waals surface area contributed by atoms with Gasteiger partial charge in [0, 0.05) is 37.9 Å². The molecular formula is C13H20N4O2. The van der Waals surface area contributed by atoms with Gasteiger partial charge in [-0.15, -0.1) is 0 Å². The number of hydrogen-bond donors (Lipinski definition) is 1. The molecule has 0 saturated carbocycles. The summed E-state index contributed by atoms with van der Waals surface area (Å²) in [7, 11) is 0. The zero-order valence-corrected chi connectivity index (χ0v) is 11.5. The van der Waals surface area contributed by atoms with Gasteiger partial charge in [-0.2, -0.15) is 0 Å². The number of rotatable bonds is 4. The van der Waals surface area contributed by atoms with Crippen molar-refractivity contribution in [3.63, 3.8) is 0 Å². The average molecular weight is 264 g/mol. The van der Waals surface area contributed by atoms with E-state index in [1.165, 1.54) is 0 Å². The highest BCUT2D eigenvalue weighted by molar-refractivity contribution is 5.69. The number of aliphatic carboxylic acids is 1. The van der Waals surface area contributed by atoms with Gasteiger partial charge in [0.15, 0.2) is 0 Å². The number of carboxylic acid groups (broad SMARTS) is 1. The molecule has 0 unspecified atom stereocenters. The second-order valence-corrected chi connectivity index (χ2v) is 4.78. The molecule has 1 saturated heterocycles. The number of aryl methyl sites for hydroxylation is 2. The van der Waals surface area contributed by atoms with E-state index in [2.05, 4.69) is 21.8 Å². The molecule has 0 bridgehead atoms. The Balaban J connectivity index is 2.01. The molecule has 1 aromatic heterocycles. The van der Waals surface area contributed by atoms with Gasteiger partial charge in [0.2, 0.25) is 0 Å². The predicted octanol–water partition coefficient (Wildman–Crippen LogP) is 0.554. The molecule has 104 valence electrons. The van der Waals surface area contributed by atoms with Crippen LogP contribution in [-0.4, -0.2) is 58.7 Å². The number of hydrogen-bond acceptors (Lipinski definition) is 5. The van der Waals surface area contributed by atoms with Gasteiger partial charge in [-0.05, 0) is 13.3 Å². The Kier molecular flexibility index (Phi) is 4.31. The van der Waals surface area contributed by atoms with Crippen molar-refractivity contribution < 1.29 is 9.90 Å². The molecule has 0 atom stereocenters. The highest BCUT2D eigenvalue weighted by Crippen LogP contribution is 2.15. The Hall–Kier alpha value is -1.69. The fourth-order valence-electron chi connectivity index (χ4n) is 2.28. The second kappa shape index (κ2) is 5.97. The van der Waals surface area contributed by atoms with Gasteiger partial charge in [-0.1, -0.05) is 6.92 Å². The van der Waals surface area contributed by atoms with E-state index in [0.717, 1.165) is 49.9 Å². The fraction of sp³-hybridized carbons (Fsp3) is 0.615. The Labute approximate surface area is 113 Å². The molecule has 6 nitrogen and oxygen atoms in total. The summed E-state index contributed by atoms with van der Waals surface area (Å²) in [6.07, 6.45) is 0.898. The van der Waals surface area contributed by atoms with Crippen LogP contribution in [-0.2, 0) is 11.2 Å². The van der Waals surface area contributed by atoms with E-state index >= 15 is 0 Å². The topological polar surface area (TPSA) is 69.6 Å². The summed E-state index contributed by atoms with van der Waals surface area (Å²) in [6, 6.07) is 2.03. The third kappa shape index (κ3) is 3.64. The molecule has 2 rings (SSSR count). The lowest BCUT2D eigenvalue weighted by Gasteiger charge is -2.34. The van der Waals surface area contributed by atoms with Gasteiger partial charge in [-0.25, -0.2) is 9.97 Å². The lowest BCUT2D eigenvalue weighted by Crippen LogP contribution is -2.48. The second-order valence-electron chi connectivity index (χ2n) is 4.78. The minimum absolute atomic E-state index is 0.122. The first-order valence-electron chi connectivity index (χ1n) is 6.62. The van der Waals surface area contributed by atoms with Crippen LogP contribution in [0.15, 0.2) is 6.07 Å². The van der Waals surface area contributed by atoms with Gasteiger partial charge >= 0.3 is 5.97 Å². The molecule has 1 fully saturated rings. The van der Waals surface area contributed by atoms with Crippen molar-refractivity contribution in [3.8, 4) is 0 Å². The van der Waals surface area contributed by atoms with Gasteiger partial charge in [-0.3, -0.25) is 9.69 Å². The van der Waals surface area contributed by atoms with E-state index in [-0.39, 0.29) is 6.54 Å². The van der Waals surface area contributed by atoms with Crippen LogP contribution in [0.4, 0.5) is 5.82 Å². The summed E-state index contributed by atoms with van der Waals surface area (Å²) in [5.74, 6) is 0.987. The van der Waals surface area contributed by atoms with Crippen molar-refractivity contribution in [1.29, 1.82) is 0 Å². The summed E-state index contributed by atoms with van der Waals surface area (Å²) in [5, 5.41) is 8.78.